The number of aromatic nitrogens is 1. The van der Waals surface area contributed by atoms with Crippen LogP contribution in [0.15, 0.2) is 18.3 Å². The molecule has 2 nitrogen and oxygen atoms in total. The molecule has 82 valence electrons. The van der Waals surface area contributed by atoms with Gasteiger partial charge in [0.1, 0.15) is 0 Å². The molecule has 0 radical (unpaired) electrons. The van der Waals surface area contributed by atoms with Crippen LogP contribution in [0.5, 0.6) is 0 Å². The van der Waals surface area contributed by atoms with Gasteiger partial charge in [-0.1, -0.05) is 6.42 Å². The lowest BCUT2D eigenvalue weighted by Gasteiger charge is -2.21. The summed E-state index contributed by atoms with van der Waals surface area (Å²) in [7, 11) is 0. The number of nitrogens with one attached hydrogen (secondary N) is 1. The van der Waals surface area contributed by atoms with Crippen molar-refractivity contribution in [1.82, 2.24) is 4.98 Å². The topological polar surface area (TPSA) is 24.9 Å². The fourth-order valence-corrected chi connectivity index (χ4v) is 2.93. The molecule has 0 saturated carbocycles. The van der Waals surface area contributed by atoms with Crippen LogP contribution in [0, 0.1) is 5.82 Å². The molecule has 1 aromatic rings. The van der Waals surface area contributed by atoms with Crippen molar-refractivity contribution in [3.05, 3.63) is 24.1 Å². The zero-order chi connectivity index (χ0) is 10.5. The molecule has 1 N–H and O–H groups in total. The summed E-state index contributed by atoms with van der Waals surface area (Å²) < 4.78 is 13.2. The van der Waals surface area contributed by atoms with Gasteiger partial charge in [0.05, 0.1) is 0 Å². The molecule has 15 heavy (non-hydrogen) atoms. The largest absolute Gasteiger partial charge is 0.367 e. The molecule has 0 amide bonds. The van der Waals surface area contributed by atoms with Gasteiger partial charge in [-0.2, -0.15) is 11.8 Å². The van der Waals surface area contributed by atoms with Gasteiger partial charge in [0.2, 0.25) is 0 Å². The molecule has 1 fully saturated rings. The van der Waals surface area contributed by atoms with E-state index in [1.54, 1.807) is 12.3 Å². The second kappa shape index (κ2) is 5.35. The molecular weight excluding hydrogens is 211 g/mol. The first-order chi connectivity index (χ1) is 7.36. The Labute approximate surface area is 93.7 Å². The normalized spacial score (nSPS) is 21.3. The minimum atomic E-state index is -0.265. The summed E-state index contributed by atoms with van der Waals surface area (Å²) in [5.74, 6) is 1.35. The van der Waals surface area contributed by atoms with E-state index in [1.807, 2.05) is 11.8 Å². The minimum Gasteiger partial charge on any atom is -0.367 e. The van der Waals surface area contributed by atoms with E-state index in [-0.39, 0.29) is 5.82 Å². The Morgan fingerprint density at radius 1 is 1.53 bits per heavy atom. The number of rotatable bonds is 3. The Morgan fingerprint density at radius 2 is 2.47 bits per heavy atom. The van der Waals surface area contributed by atoms with Crippen LogP contribution < -0.4 is 5.32 Å². The number of pyridine rings is 1. The van der Waals surface area contributed by atoms with Crippen LogP contribution in [-0.2, 0) is 0 Å². The zero-order valence-electron chi connectivity index (χ0n) is 8.58. The first-order valence-corrected chi connectivity index (χ1v) is 6.37. The fourth-order valence-electron chi connectivity index (χ4n) is 1.69. The molecule has 1 atom stereocenters. The van der Waals surface area contributed by atoms with Crippen molar-refractivity contribution >= 4 is 17.6 Å². The lowest BCUT2D eigenvalue weighted by Crippen LogP contribution is -2.20. The maximum absolute atomic E-state index is 13.2. The van der Waals surface area contributed by atoms with Gasteiger partial charge in [0, 0.05) is 18.0 Å². The second-order valence-electron chi connectivity index (χ2n) is 3.70. The van der Waals surface area contributed by atoms with Crippen molar-refractivity contribution in [3.63, 3.8) is 0 Å². The molecule has 0 spiro atoms. The van der Waals surface area contributed by atoms with Crippen LogP contribution in [0.2, 0.25) is 0 Å². The summed E-state index contributed by atoms with van der Waals surface area (Å²) in [6.07, 6.45) is 5.45. The van der Waals surface area contributed by atoms with Crippen LogP contribution in [0.4, 0.5) is 10.2 Å². The van der Waals surface area contributed by atoms with E-state index in [1.165, 1.54) is 31.1 Å². The molecule has 1 aliphatic heterocycles. The molecule has 4 heteroatoms. The van der Waals surface area contributed by atoms with Gasteiger partial charge >= 0.3 is 0 Å². The first kappa shape index (κ1) is 10.7. The maximum atomic E-state index is 13.2. The Kier molecular flexibility index (Phi) is 3.83. The standard InChI is InChI=1S/C11H15FN2S/c12-10-5-3-6-13-11(10)14-8-9-4-1-2-7-15-9/h3,5-6,9H,1-2,4,7-8H2,(H,13,14). The molecule has 0 bridgehead atoms. The van der Waals surface area contributed by atoms with Crippen molar-refractivity contribution in [2.75, 3.05) is 17.6 Å². The highest BCUT2D eigenvalue weighted by Gasteiger charge is 2.14. The van der Waals surface area contributed by atoms with E-state index in [9.17, 15) is 4.39 Å². The molecule has 0 aliphatic carbocycles. The molecular formula is C11H15FN2S. The molecule has 0 aromatic carbocycles. The predicted octanol–water partition coefficient (Wildman–Crippen LogP) is 2.92. The van der Waals surface area contributed by atoms with Gasteiger partial charge in [-0.15, -0.1) is 0 Å². The highest BCUT2D eigenvalue weighted by molar-refractivity contribution is 7.99. The summed E-state index contributed by atoms with van der Waals surface area (Å²) >= 11 is 1.98. The third-order valence-corrected chi connectivity index (χ3v) is 3.93. The van der Waals surface area contributed by atoms with Crippen LogP contribution in [0.1, 0.15) is 19.3 Å². The number of nitrogens with zero attached hydrogens (tertiary/aromatic N) is 1. The Hall–Kier alpha value is -0.770. The van der Waals surface area contributed by atoms with Gasteiger partial charge in [0.15, 0.2) is 11.6 Å². The quantitative estimate of drug-likeness (QED) is 0.857. The smallest absolute Gasteiger partial charge is 0.165 e. The van der Waals surface area contributed by atoms with E-state index in [0.717, 1.165) is 6.54 Å². The second-order valence-corrected chi connectivity index (χ2v) is 5.11. The van der Waals surface area contributed by atoms with E-state index in [0.29, 0.717) is 11.1 Å². The molecule has 1 aromatic heterocycles. The van der Waals surface area contributed by atoms with E-state index in [4.69, 9.17) is 0 Å². The van der Waals surface area contributed by atoms with Gasteiger partial charge in [-0.3, -0.25) is 0 Å². The number of thioether (sulfide) groups is 1. The molecule has 2 heterocycles. The number of halogens is 1. The van der Waals surface area contributed by atoms with Crippen LogP contribution >= 0.6 is 11.8 Å². The first-order valence-electron chi connectivity index (χ1n) is 5.32. The van der Waals surface area contributed by atoms with Crippen molar-refractivity contribution in [2.45, 2.75) is 24.5 Å². The van der Waals surface area contributed by atoms with Crippen molar-refractivity contribution in [1.29, 1.82) is 0 Å². The van der Waals surface area contributed by atoms with Gasteiger partial charge < -0.3 is 5.32 Å². The zero-order valence-corrected chi connectivity index (χ0v) is 9.39. The van der Waals surface area contributed by atoms with Gasteiger partial charge in [-0.25, -0.2) is 9.37 Å². The molecule has 2 rings (SSSR count). The average Bonchev–Trinajstić information content (AvgIpc) is 2.29. The maximum Gasteiger partial charge on any atom is 0.165 e. The van der Waals surface area contributed by atoms with Crippen molar-refractivity contribution in [3.8, 4) is 0 Å². The third kappa shape index (κ3) is 3.09. The third-order valence-electron chi connectivity index (χ3n) is 2.53. The van der Waals surface area contributed by atoms with Crippen molar-refractivity contribution < 1.29 is 4.39 Å². The Balaban J connectivity index is 1.84. The SMILES string of the molecule is Fc1cccnc1NCC1CCCCS1. The average molecular weight is 226 g/mol. The lowest BCUT2D eigenvalue weighted by molar-refractivity contribution is 0.621. The lowest BCUT2D eigenvalue weighted by atomic mass is 10.2. The summed E-state index contributed by atoms with van der Waals surface area (Å²) in [4.78, 5) is 3.97. The predicted molar refractivity (Wildman–Crippen MR) is 62.8 cm³/mol. The summed E-state index contributed by atoms with van der Waals surface area (Å²) in [6, 6.07) is 3.04. The van der Waals surface area contributed by atoms with E-state index in [2.05, 4.69) is 10.3 Å². The highest BCUT2D eigenvalue weighted by Crippen LogP contribution is 2.25. The Bertz CT molecular complexity index is 313. The van der Waals surface area contributed by atoms with Crippen LogP contribution in [0.3, 0.4) is 0 Å². The van der Waals surface area contributed by atoms with Crippen molar-refractivity contribution in [2.24, 2.45) is 0 Å². The monoisotopic (exact) mass is 226 g/mol. The summed E-state index contributed by atoms with van der Waals surface area (Å²) in [5, 5.41) is 3.69. The van der Waals surface area contributed by atoms with Gasteiger partial charge in [0.25, 0.3) is 0 Å². The summed E-state index contributed by atoms with van der Waals surface area (Å²) in [6.45, 7) is 0.818. The molecule has 1 saturated heterocycles. The minimum absolute atomic E-state index is 0.265. The summed E-state index contributed by atoms with van der Waals surface area (Å²) in [5.41, 5.74) is 0. The number of hydrogen-bond acceptors (Lipinski definition) is 3. The molecule has 1 unspecified atom stereocenters. The van der Waals surface area contributed by atoms with E-state index < -0.39 is 0 Å². The number of anilines is 1. The fraction of sp³-hybridized carbons (Fsp3) is 0.545. The van der Waals surface area contributed by atoms with Gasteiger partial charge in [-0.05, 0) is 30.7 Å². The number of hydrogen-bond donors (Lipinski definition) is 1. The van der Waals surface area contributed by atoms with Crippen LogP contribution in [0.25, 0.3) is 0 Å². The Morgan fingerprint density at radius 3 is 3.20 bits per heavy atom. The highest BCUT2D eigenvalue weighted by atomic mass is 32.2. The molecule has 1 aliphatic rings. The van der Waals surface area contributed by atoms with Crippen LogP contribution in [-0.4, -0.2) is 22.5 Å². The van der Waals surface area contributed by atoms with E-state index >= 15 is 0 Å².